The molecule has 0 bridgehead atoms. The average molecular weight is 467 g/mol. The van der Waals surface area contributed by atoms with Crippen LogP contribution in [0.4, 0.5) is 4.79 Å². The van der Waals surface area contributed by atoms with Gasteiger partial charge in [0.15, 0.2) is 11.5 Å². The van der Waals surface area contributed by atoms with Crippen molar-refractivity contribution in [2.45, 2.75) is 52.8 Å². The molecule has 0 aliphatic carbocycles. The van der Waals surface area contributed by atoms with Gasteiger partial charge in [0.25, 0.3) is 0 Å². The van der Waals surface area contributed by atoms with Gasteiger partial charge in [-0.3, -0.25) is 4.79 Å². The molecule has 2 rings (SSSR count). The van der Waals surface area contributed by atoms with Gasteiger partial charge in [-0.1, -0.05) is 55.7 Å². The molecule has 182 valence electrons. The second kappa shape index (κ2) is 12.5. The second-order valence-electron chi connectivity index (χ2n) is 8.58. The summed E-state index contributed by atoms with van der Waals surface area (Å²) in [6.45, 7) is 9.34. The van der Waals surface area contributed by atoms with Gasteiger partial charge in [0.1, 0.15) is 12.6 Å². The fourth-order valence-corrected chi connectivity index (χ4v) is 3.36. The number of terminal acetylenes is 1. The Labute approximate surface area is 202 Å². The Hall–Kier alpha value is -3.66. The van der Waals surface area contributed by atoms with Crippen LogP contribution in [0.2, 0.25) is 0 Å². The van der Waals surface area contributed by atoms with Crippen LogP contribution in [0.5, 0.6) is 11.5 Å². The van der Waals surface area contributed by atoms with Crippen LogP contribution in [0.3, 0.4) is 0 Å². The monoisotopic (exact) mass is 466 g/mol. The minimum absolute atomic E-state index is 0.113. The van der Waals surface area contributed by atoms with Crippen LogP contribution in [-0.4, -0.2) is 37.9 Å². The number of ether oxygens (including phenoxy) is 3. The molecule has 0 saturated heterocycles. The molecule has 2 amide bonds. The van der Waals surface area contributed by atoms with Crippen molar-refractivity contribution in [3.63, 3.8) is 0 Å². The first-order chi connectivity index (χ1) is 16.2. The molecule has 0 spiro atoms. The average Bonchev–Trinajstić information content (AvgIpc) is 2.79. The number of hydrogen-bond acceptors (Lipinski definition) is 5. The molecule has 0 heterocycles. The summed E-state index contributed by atoms with van der Waals surface area (Å²) in [5.74, 6) is 2.96. The molecule has 0 aliphatic rings. The zero-order valence-corrected chi connectivity index (χ0v) is 20.7. The highest BCUT2D eigenvalue weighted by Gasteiger charge is 2.28. The third kappa shape index (κ3) is 7.45. The number of aryl methyl sites for hydroxylation is 1. The first kappa shape index (κ1) is 26.6. The molecule has 7 heteroatoms. The first-order valence-corrected chi connectivity index (χ1v) is 11.2. The number of methoxy groups -OCH3 is 1. The number of benzene rings is 2. The number of rotatable bonds is 10. The zero-order chi connectivity index (χ0) is 25.3. The second-order valence-corrected chi connectivity index (χ2v) is 8.58. The Morgan fingerprint density at radius 2 is 1.62 bits per heavy atom. The third-order valence-electron chi connectivity index (χ3n) is 5.09. The molecule has 2 aromatic carbocycles. The summed E-state index contributed by atoms with van der Waals surface area (Å²) in [5, 5.41) is 5.77. The molecule has 1 unspecified atom stereocenters. The van der Waals surface area contributed by atoms with Gasteiger partial charge in [-0.2, -0.15) is 0 Å². The molecular formula is C27H34N2O5. The van der Waals surface area contributed by atoms with E-state index in [2.05, 4.69) is 16.6 Å². The van der Waals surface area contributed by atoms with Crippen molar-refractivity contribution in [3.05, 3.63) is 59.2 Å². The third-order valence-corrected chi connectivity index (χ3v) is 5.09. The van der Waals surface area contributed by atoms with Crippen molar-refractivity contribution in [2.75, 3.05) is 13.7 Å². The van der Waals surface area contributed by atoms with E-state index in [9.17, 15) is 9.59 Å². The predicted octanol–water partition coefficient (Wildman–Crippen LogP) is 4.38. The maximum atomic E-state index is 13.3. The van der Waals surface area contributed by atoms with Crippen LogP contribution < -0.4 is 20.1 Å². The van der Waals surface area contributed by atoms with Gasteiger partial charge in [-0.15, -0.1) is 6.42 Å². The maximum Gasteiger partial charge on any atom is 0.408 e. The Morgan fingerprint density at radius 3 is 2.18 bits per heavy atom. The number of nitrogens with one attached hydrogen (secondary N) is 2. The number of amides is 2. The van der Waals surface area contributed by atoms with E-state index in [0.717, 1.165) is 16.7 Å². The summed E-state index contributed by atoms with van der Waals surface area (Å²) < 4.78 is 16.2. The fraction of sp³-hybridized carbons (Fsp3) is 0.407. The van der Waals surface area contributed by atoms with Crippen molar-refractivity contribution in [1.29, 1.82) is 0 Å². The summed E-state index contributed by atoms with van der Waals surface area (Å²) in [5.41, 5.74) is 2.77. The molecule has 0 fully saturated rings. The molecule has 0 aliphatic heterocycles. The van der Waals surface area contributed by atoms with E-state index in [1.54, 1.807) is 27.0 Å². The largest absolute Gasteiger partial charge is 0.493 e. The molecular weight excluding hydrogens is 432 g/mol. The van der Waals surface area contributed by atoms with Crippen LogP contribution in [0, 0.1) is 25.2 Å². The standard InChI is InChI=1S/C27H34N2O5/c1-8-15-33-22-14-13-21(16-23(22)32-7)25(20-11-9-19(6)10-12-20)28-26(30)24(17(2)3)29-27(31)34-18(4)5/h1,9-14,16-18,24-25H,15H2,2-7H3,(H,28,30)(H,29,31)/t24-,25?/m0/s1. The zero-order valence-electron chi connectivity index (χ0n) is 20.7. The lowest BCUT2D eigenvalue weighted by molar-refractivity contribution is -0.124. The number of carbonyl (C=O) groups excluding carboxylic acids is 2. The fourth-order valence-electron chi connectivity index (χ4n) is 3.36. The van der Waals surface area contributed by atoms with Gasteiger partial charge in [0.05, 0.1) is 19.3 Å². The summed E-state index contributed by atoms with van der Waals surface area (Å²) in [4.78, 5) is 25.5. The molecule has 0 saturated carbocycles. The van der Waals surface area contributed by atoms with Gasteiger partial charge in [0.2, 0.25) is 5.91 Å². The van der Waals surface area contributed by atoms with Crippen molar-refractivity contribution < 1.29 is 23.8 Å². The van der Waals surface area contributed by atoms with Crippen LogP contribution in [-0.2, 0) is 9.53 Å². The summed E-state index contributed by atoms with van der Waals surface area (Å²) in [7, 11) is 1.54. The van der Waals surface area contributed by atoms with Gasteiger partial charge < -0.3 is 24.8 Å². The normalized spacial score (nSPS) is 12.4. The maximum absolute atomic E-state index is 13.3. The number of alkyl carbamates (subject to hydrolysis) is 1. The van der Waals surface area contributed by atoms with E-state index in [0.29, 0.717) is 11.5 Å². The highest BCUT2D eigenvalue weighted by Crippen LogP contribution is 2.33. The molecule has 7 nitrogen and oxygen atoms in total. The van der Waals surface area contributed by atoms with Crippen LogP contribution in [0.15, 0.2) is 42.5 Å². The Bertz CT molecular complexity index is 1010. The van der Waals surface area contributed by atoms with E-state index < -0.39 is 18.2 Å². The molecule has 2 aromatic rings. The summed E-state index contributed by atoms with van der Waals surface area (Å²) >= 11 is 0. The minimum atomic E-state index is -0.778. The summed E-state index contributed by atoms with van der Waals surface area (Å²) in [6.07, 6.45) is 4.38. The molecule has 2 N–H and O–H groups in total. The Kier molecular flexibility index (Phi) is 9.81. The van der Waals surface area contributed by atoms with Crippen LogP contribution in [0.25, 0.3) is 0 Å². The highest BCUT2D eigenvalue weighted by atomic mass is 16.6. The van der Waals surface area contributed by atoms with E-state index in [1.165, 1.54) is 0 Å². The van der Waals surface area contributed by atoms with Gasteiger partial charge in [0, 0.05) is 0 Å². The lowest BCUT2D eigenvalue weighted by atomic mass is 9.96. The number of carbonyl (C=O) groups is 2. The van der Waals surface area contributed by atoms with E-state index in [-0.39, 0.29) is 24.5 Å². The number of hydrogen-bond donors (Lipinski definition) is 2. The lowest BCUT2D eigenvalue weighted by Crippen LogP contribution is -2.51. The van der Waals surface area contributed by atoms with Crippen LogP contribution >= 0.6 is 0 Å². The molecule has 0 radical (unpaired) electrons. The predicted molar refractivity (Wildman–Crippen MR) is 132 cm³/mol. The van der Waals surface area contributed by atoms with Gasteiger partial charge in [-0.25, -0.2) is 4.79 Å². The molecule has 34 heavy (non-hydrogen) atoms. The van der Waals surface area contributed by atoms with E-state index >= 15 is 0 Å². The Balaban J connectivity index is 2.39. The smallest absolute Gasteiger partial charge is 0.408 e. The minimum Gasteiger partial charge on any atom is -0.493 e. The van der Waals surface area contributed by atoms with E-state index in [4.69, 9.17) is 20.6 Å². The molecule has 0 aromatic heterocycles. The SMILES string of the molecule is C#CCOc1ccc(C(NC(=O)[C@@H](NC(=O)OC(C)C)C(C)C)c2ccc(C)cc2)cc1OC. The van der Waals surface area contributed by atoms with Crippen molar-refractivity contribution in [1.82, 2.24) is 10.6 Å². The van der Waals surface area contributed by atoms with Gasteiger partial charge >= 0.3 is 6.09 Å². The lowest BCUT2D eigenvalue weighted by Gasteiger charge is -2.27. The highest BCUT2D eigenvalue weighted by molar-refractivity contribution is 5.86. The van der Waals surface area contributed by atoms with Crippen molar-refractivity contribution in [3.8, 4) is 23.8 Å². The van der Waals surface area contributed by atoms with Gasteiger partial charge in [-0.05, 0) is 49.9 Å². The Morgan fingerprint density at radius 1 is 0.971 bits per heavy atom. The quantitative estimate of drug-likeness (QED) is 0.508. The molecule has 2 atom stereocenters. The van der Waals surface area contributed by atoms with Crippen molar-refractivity contribution in [2.24, 2.45) is 5.92 Å². The van der Waals surface area contributed by atoms with Crippen molar-refractivity contribution >= 4 is 12.0 Å². The van der Waals surface area contributed by atoms with E-state index in [1.807, 2.05) is 57.2 Å². The topological polar surface area (TPSA) is 85.9 Å². The van der Waals surface area contributed by atoms with Crippen LogP contribution in [0.1, 0.15) is 50.4 Å². The summed E-state index contributed by atoms with van der Waals surface area (Å²) in [6, 6.07) is 12.0. The first-order valence-electron chi connectivity index (χ1n) is 11.2.